The number of carbonyl (C=O) groups excluding carboxylic acids is 1. The molecule has 1 aromatic rings. The minimum absolute atomic E-state index is 0.197. The summed E-state index contributed by atoms with van der Waals surface area (Å²) in [5.41, 5.74) is 3.05. The Bertz CT molecular complexity index is 382. The van der Waals surface area contributed by atoms with E-state index in [1.807, 2.05) is 19.1 Å². The van der Waals surface area contributed by atoms with Crippen LogP contribution in [0.1, 0.15) is 17.3 Å². The highest BCUT2D eigenvalue weighted by atomic mass is 127. The van der Waals surface area contributed by atoms with E-state index < -0.39 is 0 Å². The summed E-state index contributed by atoms with van der Waals surface area (Å²) in [7, 11) is 0. The molecule has 0 saturated heterocycles. The fraction of sp³-hybridized carbons (Fsp3) is 0.222. The van der Waals surface area contributed by atoms with Crippen LogP contribution in [0.15, 0.2) is 12.1 Å². The Labute approximate surface area is 129 Å². The Morgan fingerprint density at radius 1 is 1.40 bits per heavy atom. The molecule has 0 aliphatic rings. The predicted octanol–water partition coefficient (Wildman–Crippen LogP) is 3.18. The van der Waals surface area contributed by atoms with Crippen LogP contribution in [0.4, 0.5) is 0 Å². The van der Waals surface area contributed by atoms with Crippen molar-refractivity contribution in [2.45, 2.75) is 6.92 Å². The number of carbonyl (C=O) groups is 1. The van der Waals surface area contributed by atoms with Gasteiger partial charge >= 0.3 is 0 Å². The van der Waals surface area contributed by atoms with Crippen LogP contribution in [0.25, 0.3) is 0 Å². The molecular weight excluding hydrogens is 535 g/mol. The van der Waals surface area contributed by atoms with Gasteiger partial charge in [-0.05, 0) is 86.8 Å². The Morgan fingerprint density at radius 2 is 2.07 bits per heavy atom. The second-order valence-electron chi connectivity index (χ2n) is 2.61. The van der Waals surface area contributed by atoms with Gasteiger partial charge in [0.05, 0.1) is 12.2 Å². The molecule has 1 N–H and O–H groups in total. The average Bonchev–Trinajstić information content (AvgIpc) is 2.19. The standard InChI is InChI=1S/C9H8I3NO2/c1-2-15-13-9(14)6-3-5(10)4-7(11)8(6)12/h3-4H,2H2,1H3,(H,13,14). The van der Waals surface area contributed by atoms with Gasteiger partial charge in [-0.3, -0.25) is 9.63 Å². The summed E-state index contributed by atoms with van der Waals surface area (Å²) in [4.78, 5) is 16.6. The fourth-order valence-electron chi connectivity index (χ4n) is 0.914. The molecule has 15 heavy (non-hydrogen) atoms. The SMILES string of the molecule is CCONC(=O)c1cc(I)cc(I)c1I. The van der Waals surface area contributed by atoms with Gasteiger partial charge in [0.25, 0.3) is 5.91 Å². The van der Waals surface area contributed by atoms with Crippen LogP contribution in [-0.2, 0) is 4.84 Å². The Morgan fingerprint density at radius 3 is 2.67 bits per heavy atom. The molecule has 3 nitrogen and oxygen atoms in total. The summed E-state index contributed by atoms with van der Waals surface area (Å²) in [6.07, 6.45) is 0. The maximum atomic E-state index is 11.7. The van der Waals surface area contributed by atoms with E-state index in [4.69, 9.17) is 4.84 Å². The maximum absolute atomic E-state index is 11.7. The van der Waals surface area contributed by atoms with Crippen LogP contribution < -0.4 is 5.48 Å². The molecule has 0 aliphatic heterocycles. The number of hydrogen-bond acceptors (Lipinski definition) is 2. The van der Waals surface area contributed by atoms with Crippen molar-refractivity contribution in [1.82, 2.24) is 5.48 Å². The third kappa shape index (κ3) is 3.97. The zero-order valence-electron chi connectivity index (χ0n) is 7.81. The lowest BCUT2D eigenvalue weighted by Crippen LogP contribution is -2.24. The normalized spacial score (nSPS) is 10.1. The molecule has 1 aromatic carbocycles. The molecular formula is C9H8I3NO2. The third-order valence-electron chi connectivity index (χ3n) is 1.55. The summed E-state index contributed by atoms with van der Waals surface area (Å²) in [5, 5.41) is 0. The van der Waals surface area contributed by atoms with Crippen molar-refractivity contribution in [3.63, 3.8) is 0 Å². The highest BCUT2D eigenvalue weighted by Crippen LogP contribution is 2.22. The molecule has 1 amide bonds. The third-order valence-corrected chi connectivity index (χ3v) is 5.21. The van der Waals surface area contributed by atoms with Crippen molar-refractivity contribution < 1.29 is 9.63 Å². The van der Waals surface area contributed by atoms with Gasteiger partial charge in [-0.2, -0.15) is 0 Å². The van der Waals surface area contributed by atoms with Crippen LogP contribution in [-0.4, -0.2) is 12.5 Å². The molecule has 0 heterocycles. The number of hydroxylamine groups is 1. The van der Waals surface area contributed by atoms with E-state index in [2.05, 4.69) is 73.3 Å². The molecule has 0 aliphatic carbocycles. The van der Waals surface area contributed by atoms with Crippen LogP contribution in [0, 0.1) is 10.7 Å². The largest absolute Gasteiger partial charge is 0.275 e. The van der Waals surface area contributed by atoms with Crippen molar-refractivity contribution in [1.29, 1.82) is 0 Å². The van der Waals surface area contributed by atoms with Crippen molar-refractivity contribution in [3.8, 4) is 0 Å². The topological polar surface area (TPSA) is 38.3 Å². The van der Waals surface area contributed by atoms with E-state index in [9.17, 15) is 4.79 Å². The van der Waals surface area contributed by atoms with Gasteiger partial charge in [0, 0.05) is 10.7 Å². The van der Waals surface area contributed by atoms with Crippen molar-refractivity contribution in [3.05, 3.63) is 28.4 Å². The molecule has 0 radical (unpaired) electrons. The summed E-state index contributed by atoms with van der Waals surface area (Å²) in [6.45, 7) is 2.28. The predicted molar refractivity (Wildman–Crippen MR) is 83.7 cm³/mol. The lowest BCUT2D eigenvalue weighted by Gasteiger charge is -2.07. The first kappa shape index (κ1) is 13.9. The van der Waals surface area contributed by atoms with Gasteiger partial charge in [-0.1, -0.05) is 0 Å². The minimum atomic E-state index is -0.197. The first-order valence-corrected chi connectivity index (χ1v) is 7.36. The van der Waals surface area contributed by atoms with E-state index in [-0.39, 0.29) is 5.91 Å². The molecule has 0 atom stereocenters. The van der Waals surface area contributed by atoms with E-state index in [0.717, 1.165) is 10.7 Å². The second-order valence-corrected chi connectivity index (χ2v) is 6.10. The molecule has 1 rings (SSSR count). The van der Waals surface area contributed by atoms with Crippen LogP contribution in [0.3, 0.4) is 0 Å². The molecule has 6 heteroatoms. The van der Waals surface area contributed by atoms with Crippen molar-refractivity contribution in [2.75, 3.05) is 6.61 Å². The number of rotatable bonds is 3. The van der Waals surface area contributed by atoms with Crippen LogP contribution >= 0.6 is 67.8 Å². The number of amides is 1. The maximum Gasteiger partial charge on any atom is 0.275 e. The smallest absolute Gasteiger partial charge is 0.274 e. The first-order valence-electron chi connectivity index (χ1n) is 4.13. The molecule has 0 bridgehead atoms. The van der Waals surface area contributed by atoms with Gasteiger partial charge in [0.1, 0.15) is 0 Å². The van der Waals surface area contributed by atoms with Crippen molar-refractivity contribution >= 4 is 73.7 Å². The highest BCUT2D eigenvalue weighted by molar-refractivity contribution is 14.1. The van der Waals surface area contributed by atoms with Gasteiger partial charge < -0.3 is 0 Å². The van der Waals surface area contributed by atoms with Crippen molar-refractivity contribution in [2.24, 2.45) is 0 Å². The van der Waals surface area contributed by atoms with E-state index >= 15 is 0 Å². The zero-order valence-corrected chi connectivity index (χ0v) is 14.3. The van der Waals surface area contributed by atoms with Gasteiger partial charge in [-0.25, -0.2) is 5.48 Å². The number of halogens is 3. The number of nitrogens with one attached hydrogen (secondary N) is 1. The monoisotopic (exact) mass is 543 g/mol. The molecule has 0 saturated carbocycles. The van der Waals surface area contributed by atoms with E-state index in [1.165, 1.54) is 0 Å². The second kappa shape index (κ2) is 6.55. The Balaban J connectivity index is 2.98. The lowest BCUT2D eigenvalue weighted by atomic mass is 10.2. The summed E-state index contributed by atoms with van der Waals surface area (Å²) in [5.74, 6) is -0.197. The van der Waals surface area contributed by atoms with Gasteiger partial charge in [-0.15, -0.1) is 0 Å². The first-order chi connectivity index (χ1) is 7.06. The Kier molecular flexibility index (Phi) is 6.07. The van der Waals surface area contributed by atoms with E-state index in [1.54, 1.807) is 0 Å². The molecule has 0 aromatic heterocycles. The minimum Gasteiger partial charge on any atom is -0.274 e. The van der Waals surface area contributed by atoms with Crippen LogP contribution in [0.5, 0.6) is 0 Å². The Hall–Kier alpha value is 0.840. The zero-order chi connectivity index (χ0) is 11.4. The summed E-state index contributed by atoms with van der Waals surface area (Å²) in [6, 6.07) is 3.87. The number of hydrogen-bond donors (Lipinski definition) is 1. The van der Waals surface area contributed by atoms with Gasteiger partial charge in [0.2, 0.25) is 0 Å². The lowest BCUT2D eigenvalue weighted by molar-refractivity contribution is 0.0363. The average molecular weight is 543 g/mol. The molecule has 0 fully saturated rings. The summed E-state index contributed by atoms with van der Waals surface area (Å²) >= 11 is 6.56. The highest BCUT2D eigenvalue weighted by Gasteiger charge is 2.13. The quantitative estimate of drug-likeness (QED) is 0.362. The van der Waals surface area contributed by atoms with E-state index in [0.29, 0.717) is 12.2 Å². The molecule has 82 valence electrons. The number of benzene rings is 1. The van der Waals surface area contributed by atoms with Crippen LogP contribution in [0.2, 0.25) is 0 Å². The molecule has 0 spiro atoms. The van der Waals surface area contributed by atoms with Gasteiger partial charge in [0.15, 0.2) is 0 Å². The molecule has 0 unspecified atom stereocenters. The summed E-state index contributed by atoms with van der Waals surface area (Å²) < 4.78 is 3.06. The fourth-order valence-corrected chi connectivity index (χ4v) is 3.31.